The molecule has 50 valence electrons. The number of nitrogens with one attached hydrogen (secondary N) is 1. The van der Waals surface area contributed by atoms with Crippen molar-refractivity contribution >= 4 is 28.2 Å². The number of nitrogens with two attached hydrogens (primary N) is 1. The Balaban J connectivity index is 3.36. The van der Waals surface area contributed by atoms with Crippen molar-refractivity contribution < 1.29 is 4.79 Å². The van der Waals surface area contributed by atoms with Crippen LogP contribution in [0.25, 0.3) is 0 Å². The molecule has 0 saturated carbocycles. The van der Waals surface area contributed by atoms with E-state index in [-0.39, 0.29) is 0 Å². The highest BCUT2D eigenvalue weighted by atomic mass is 79.9. The number of halogens is 1. The predicted octanol–water partition coefficient (Wildman–Crippen LogP) is 0.549. The lowest BCUT2D eigenvalue weighted by Gasteiger charge is -1.85. The first-order valence-corrected chi connectivity index (χ1v) is 3.03. The Hall–Kier alpha value is -0.840. The second kappa shape index (κ2) is 5.30. The van der Waals surface area contributed by atoms with Crippen LogP contribution in [0.1, 0.15) is 0 Å². The quantitative estimate of drug-likeness (QED) is 0.486. The molecule has 0 heterocycles. The van der Waals surface area contributed by atoms with Crippen LogP contribution >= 0.6 is 15.9 Å². The number of hydrogen-bond acceptors (Lipinski definition) is 2. The molecule has 0 atom stereocenters. The molecule has 2 amide bonds. The largest absolute Gasteiger partial charge is 0.350 e. The fraction of sp³-hybridized carbons (Fsp3) is 0. The van der Waals surface area contributed by atoms with Gasteiger partial charge < -0.3 is 5.73 Å². The van der Waals surface area contributed by atoms with Crippen molar-refractivity contribution in [3.63, 3.8) is 0 Å². The molecule has 0 aliphatic rings. The Morgan fingerprint density at radius 2 is 2.44 bits per heavy atom. The van der Waals surface area contributed by atoms with Gasteiger partial charge in [-0.05, 0) is 11.1 Å². The second-order valence-corrected chi connectivity index (χ2v) is 1.60. The number of hydrazone groups is 1. The van der Waals surface area contributed by atoms with E-state index in [0.717, 1.165) is 0 Å². The number of nitrogens with zero attached hydrogens (tertiary/aromatic N) is 1. The number of primary amides is 1. The van der Waals surface area contributed by atoms with Crippen molar-refractivity contribution in [3.8, 4) is 0 Å². The van der Waals surface area contributed by atoms with Gasteiger partial charge in [0.1, 0.15) is 0 Å². The molecule has 3 N–H and O–H groups in total. The molecule has 0 aliphatic heterocycles. The molecule has 0 aromatic heterocycles. The van der Waals surface area contributed by atoms with Gasteiger partial charge in [0.25, 0.3) is 0 Å². The van der Waals surface area contributed by atoms with E-state index in [1.165, 1.54) is 6.21 Å². The van der Waals surface area contributed by atoms with Gasteiger partial charge in [0.15, 0.2) is 0 Å². The van der Waals surface area contributed by atoms with Crippen LogP contribution in [0.3, 0.4) is 0 Å². The Labute approximate surface area is 60.9 Å². The Morgan fingerprint density at radius 3 is 2.89 bits per heavy atom. The van der Waals surface area contributed by atoms with Crippen molar-refractivity contribution in [2.45, 2.75) is 0 Å². The number of carbonyl (C=O) groups is 1. The summed E-state index contributed by atoms with van der Waals surface area (Å²) in [7, 11) is 0. The molecule has 0 fully saturated rings. The molecule has 0 saturated heterocycles. The van der Waals surface area contributed by atoms with Crippen molar-refractivity contribution in [1.29, 1.82) is 0 Å². The lowest BCUT2D eigenvalue weighted by molar-refractivity contribution is 0.249. The molecule has 0 radical (unpaired) electrons. The zero-order chi connectivity index (χ0) is 7.11. The molecular weight excluding hydrogens is 186 g/mol. The highest BCUT2D eigenvalue weighted by Crippen LogP contribution is 1.77. The van der Waals surface area contributed by atoms with Crippen LogP contribution < -0.4 is 11.2 Å². The van der Waals surface area contributed by atoms with Crippen molar-refractivity contribution in [3.05, 3.63) is 11.1 Å². The lowest BCUT2D eigenvalue weighted by Crippen LogP contribution is -2.24. The first-order valence-electron chi connectivity index (χ1n) is 2.11. The standard InChI is InChI=1S/C4H6BrN3O/c5-2-1-3-7-8-4(6)9/h1-3H,(H3,6,8,9)/b2-1+,7-3+. The van der Waals surface area contributed by atoms with E-state index < -0.39 is 6.03 Å². The minimum Gasteiger partial charge on any atom is -0.350 e. The first kappa shape index (κ1) is 8.16. The van der Waals surface area contributed by atoms with Gasteiger partial charge in [0.05, 0.1) is 0 Å². The summed E-state index contributed by atoms with van der Waals surface area (Å²) in [5.74, 6) is 0. The van der Waals surface area contributed by atoms with Gasteiger partial charge in [-0.3, -0.25) is 0 Å². The maximum absolute atomic E-state index is 9.92. The highest BCUT2D eigenvalue weighted by Gasteiger charge is 1.79. The summed E-state index contributed by atoms with van der Waals surface area (Å²) < 4.78 is 0. The zero-order valence-corrected chi connectivity index (χ0v) is 6.13. The minimum atomic E-state index is -0.672. The van der Waals surface area contributed by atoms with E-state index >= 15 is 0 Å². The van der Waals surface area contributed by atoms with Gasteiger partial charge in [-0.25, -0.2) is 10.2 Å². The third-order valence-corrected chi connectivity index (χ3v) is 0.713. The number of allylic oxidation sites excluding steroid dienone is 1. The van der Waals surface area contributed by atoms with Crippen LogP contribution in [-0.4, -0.2) is 12.2 Å². The van der Waals surface area contributed by atoms with E-state index in [9.17, 15) is 4.79 Å². The lowest BCUT2D eigenvalue weighted by atomic mass is 10.7. The van der Waals surface area contributed by atoms with Crippen LogP contribution in [-0.2, 0) is 0 Å². The molecule has 0 unspecified atom stereocenters. The smallest absolute Gasteiger partial charge is 0.332 e. The monoisotopic (exact) mass is 191 g/mol. The summed E-state index contributed by atoms with van der Waals surface area (Å²) in [6.45, 7) is 0. The maximum atomic E-state index is 9.92. The molecule has 0 bridgehead atoms. The van der Waals surface area contributed by atoms with Crippen molar-refractivity contribution in [2.75, 3.05) is 0 Å². The van der Waals surface area contributed by atoms with E-state index in [1.807, 2.05) is 5.43 Å². The number of carbonyl (C=O) groups excluding carboxylic acids is 1. The van der Waals surface area contributed by atoms with Gasteiger partial charge in [-0.2, -0.15) is 5.10 Å². The minimum absolute atomic E-state index is 0.672. The predicted molar refractivity (Wildman–Crippen MR) is 39.3 cm³/mol. The van der Waals surface area contributed by atoms with Gasteiger partial charge >= 0.3 is 6.03 Å². The van der Waals surface area contributed by atoms with Crippen LogP contribution in [0.4, 0.5) is 4.79 Å². The summed E-state index contributed by atoms with van der Waals surface area (Å²) in [5.41, 5.74) is 6.69. The molecule has 0 aromatic rings. The Bertz CT molecular complexity index is 143. The molecule has 0 aliphatic carbocycles. The van der Waals surface area contributed by atoms with Crippen LogP contribution in [0.15, 0.2) is 16.2 Å². The molecule has 9 heavy (non-hydrogen) atoms. The summed E-state index contributed by atoms with van der Waals surface area (Å²) in [6, 6.07) is -0.672. The Kier molecular flexibility index (Phi) is 4.81. The molecule has 4 nitrogen and oxygen atoms in total. The van der Waals surface area contributed by atoms with Gasteiger partial charge in [-0.15, -0.1) is 0 Å². The fourth-order valence-corrected chi connectivity index (χ4v) is 0.313. The van der Waals surface area contributed by atoms with E-state index in [2.05, 4.69) is 26.8 Å². The summed E-state index contributed by atoms with van der Waals surface area (Å²) >= 11 is 3.00. The average Bonchev–Trinajstić information content (AvgIpc) is 1.80. The summed E-state index contributed by atoms with van der Waals surface area (Å²) in [4.78, 5) is 11.5. The maximum Gasteiger partial charge on any atom is 0.332 e. The normalized spacial score (nSPS) is 10.8. The topological polar surface area (TPSA) is 67.5 Å². The van der Waals surface area contributed by atoms with Crippen molar-refractivity contribution in [1.82, 2.24) is 5.43 Å². The van der Waals surface area contributed by atoms with Gasteiger partial charge in [0.2, 0.25) is 0 Å². The third-order valence-electron chi connectivity index (χ3n) is 0.408. The zero-order valence-electron chi connectivity index (χ0n) is 4.54. The SMILES string of the molecule is NC(=O)N/N=C/C=C/Br. The molecule has 0 rings (SSSR count). The number of urea groups is 1. The summed E-state index contributed by atoms with van der Waals surface area (Å²) in [6.07, 6.45) is 2.98. The Morgan fingerprint density at radius 1 is 1.78 bits per heavy atom. The molecule has 0 aromatic carbocycles. The fourth-order valence-electron chi connectivity index (χ4n) is 0.176. The van der Waals surface area contributed by atoms with Gasteiger partial charge in [0, 0.05) is 6.21 Å². The van der Waals surface area contributed by atoms with Crippen LogP contribution in [0.2, 0.25) is 0 Å². The highest BCUT2D eigenvalue weighted by molar-refractivity contribution is 9.11. The number of hydrogen-bond donors (Lipinski definition) is 2. The van der Waals surface area contributed by atoms with E-state index in [1.54, 1.807) is 11.1 Å². The second-order valence-electron chi connectivity index (χ2n) is 1.07. The molecule has 5 heteroatoms. The van der Waals surface area contributed by atoms with E-state index in [0.29, 0.717) is 0 Å². The molecular formula is C4H6BrN3O. The van der Waals surface area contributed by atoms with Crippen molar-refractivity contribution in [2.24, 2.45) is 10.8 Å². The van der Waals surface area contributed by atoms with Crippen LogP contribution in [0, 0.1) is 0 Å². The number of rotatable bonds is 2. The first-order chi connectivity index (χ1) is 4.27. The third kappa shape index (κ3) is 7.16. The van der Waals surface area contributed by atoms with Crippen LogP contribution in [0.5, 0.6) is 0 Å². The van der Waals surface area contributed by atoms with E-state index in [4.69, 9.17) is 0 Å². The number of amides is 2. The summed E-state index contributed by atoms with van der Waals surface area (Å²) in [5, 5.41) is 3.39. The average molecular weight is 192 g/mol. The molecule has 0 spiro atoms. The van der Waals surface area contributed by atoms with Gasteiger partial charge in [-0.1, -0.05) is 15.9 Å².